The van der Waals surface area contributed by atoms with Gasteiger partial charge in [0, 0.05) is 18.0 Å². The van der Waals surface area contributed by atoms with E-state index in [0.29, 0.717) is 34.7 Å². The third-order valence-corrected chi connectivity index (χ3v) is 4.68. The van der Waals surface area contributed by atoms with Gasteiger partial charge in [-0.2, -0.15) is 31.3 Å². The van der Waals surface area contributed by atoms with Crippen molar-refractivity contribution in [2.24, 2.45) is 0 Å². The summed E-state index contributed by atoms with van der Waals surface area (Å²) < 4.78 is 85.2. The third kappa shape index (κ3) is 4.46. The Balaban J connectivity index is 1.96. The van der Waals surface area contributed by atoms with E-state index in [-0.39, 0.29) is 11.7 Å². The lowest BCUT2D eigenvalue weighted by atomic mass is 10.1. The minimum absolute atomic E-state index is 0.0207. The molecule has 170 valence electrons. The molecule has 0 saturated heterocycles. The summed E-state index contributed by atoms with van der Waals surface area (Å²) in [5.74, 6) is -0.370. The molecule has 0 aliphatic rings. The first kappa shape index (κ1) is 22.5. The van der Waals surface area contributed by atoms with Gasteiger partial charge in [0.15, 0.2) is 0 Å². The normalized spacial score (nSPS) is 12.2. The lowest BCUT2D eigenvalue weighted by Crippen LogP contribution is -2.23. The summed E-state index contributed by atoms with van der Waals surface area (Å²) in [6.07, 6.45) is -9.06. The van der Waals surface area contributed by atoms with Crippen LogP contribution < -0.4 is 5.56 Å². The summed E-state index contributed by atoms with van der Waals surface area (Å²) in [5.41, 5.74) is -4.47. The van der Waals surface area contributed by atoms with E-state index < -0.39 is 45.4 Å². The molecule has 0 fully saturated rings. The summed E-state index contributed by atoms with van der Waals surface area (Å²) in [4.78, 5) is 20.2. The third-order valence-electron chi connectivity index (χ3n) is 4.41. The fraction of sp³-hybridized carbons (Fsp3) is 0.100. The number of nitrogens with zero attached hydrogens (tertiary/aromatic N) is 4. The van der Waals surface area contributed by atoms with Gasteiger partial charge in [-0.1, -0.05) is 35.0 Å². The first-order chi connectivity index (χ1) is 15.4. The molecule has 0 bridgehead atoms. The molecule has 0 atom stereocenters. The maximum atomic E-state index is 13.3. The van der Waals surface area contributed by atoms with Gasteiger partial charge in [0.1, 0.15) is 10.7 Å². The van der Waals surface area contributed by atoms with Gasteiger partial charge in [0.2, 0.25) is 5.82 Å². The van der Waals surface area contributed by atoms with Gasteiger partial charge in [-0.15, -0.1) is 0 Å². The number of hydrogen-bond donors (Lipinski definition) is 0. The average molecular weight is 487 g/mol. The largest absolute Gasteiger partial charge is 0.417 e. The predicted molar refractivity (Wildman–Crippen MR) is 104 cm³/mol. The minimum Gasteiger partial charge on any atom is -0.334 e. The van der Waals surface area contributed by atoms with Crippen LogP contribution in [-0.2, 0) is 12.4 Å². The Kier molecular flexibility index (Phi) is 5.48. The molecule has 6 nitrogen and oxygen atoms in total. The number of hydrogen-bond acceptors (Lipinski definition) is 5. The fourth-order valence-electron chi connectivity index (χ4n) is 2.86. The van der Waals surface area contributed by atoms with Crippen molar-refractivity contribution in [3.05, 3.63) is 81.4 Å². The second-order valence-electron chi connectivity index (χ2n) is 6.63. The summed E-state index contributed by atoms with van der Waals surface area (Å²) in [7, 11) is 0. The smallest absolute Gasteiger partial charge is 0.334 e. The number of pyridine rings is 2. The van der Waals surface area contributed by atoms with E-state index in [2.05, 4.69) is 15.1 Å². The van der Waals surface area contributed by atoms with Gasteiger partial charge >= 0.3 is 12.4 Å². The summed E-state index contributed by atoms with van der Waals surface area (Å²) in [5, 5.41) is 2.81. The second kappa shape index (κ2) is 8.03. The van der Waals surface area contributed by atoms with Gasteiger partial charge in [0.05, 0.1) is 16.8 Å². The predicted octanol–water partition coefficient (Wildman–Crippen LogP) is 5.64. The molecule has 13 heteroatoms. The van der Waals surface area contributed by atoms with Gasteiger partial charge < -0.3 is 4.52 Å². The quantitative estimate of drug-likeness (QED) is 0.350. The first-order valence-corrected chi connectivity index (χ1v) is 9.29. The van der Waals surface area contributed by atoms with Gasteiger partial charge in [0.25, 0.3) is 11.4 Å². The zero-order valence-corrected chi connectivity index (χ0v) is 16.7. The average Bonchev–Trinajstić information content (AvgIpc) is 3.24. The van der Waals surface area contributed by atoms with Crippen LogP contribution in [-0.4, -0.2) is 19.7 Å². The van der Waals surface area contributed by atoms with Crippen LogP contribution in [0.25, 0.3) is 28.7 Å². The van der Waals surface area contributed by atoms with Crippen LogP contribution in [0.3, 0.4) is 0 Å². The maximum Gasteiger partial charge on any atom is 0.417 e. The highest BCUT2D eigenvalue weighted by Crippen LogP contribution is 2.35. The molecule has 0 aliphatic carbocycles. The molecule has 4 aromatic rings. The Hall–Kier alpha value is -3.67. The summed E-state index contributed by atoms with van der Waals surface area (Å²) >= 11 is 5.66. The lowest BCUT2D eigenvalue weighted by molar-refractivity contribution is -0.138. The van der Waals surface area contributed by atoms with Crippen molar-refractivity contribution in [2.75, 3.05) is 0 Å². The molecule has 0 spiro atoms. The second-order valence-corrected chi connectivity index (χ2v) is 7.04. The molecule has 33 heavy (non-hydrogen) atoms. The molecule has 0 aliphatic heterocycles. The molecular formula is C20H9ClF6N4O2. The van der Waals surface area contributed by atoms with Crippen LogP contribution in [0.1, 0.15) is 11.1 Å². The van der Waals surface area contributed by atoms with Crippen molar-refractivity contribution >= 4 is 11.6 Å². The molecule has 0 unspecified atom stereocenters. The Morgan fingerprint density at radius 1 is 0.939 bits per heavy atom. The van der Waals surface area contributed by atoms with Crippen molar-refractivity contribution < 1.29 is 30.9 Å². The van der Waals surface area contributed by atoms with Crippen molar-refractivity contribution in [3.63, 3.8) is 0 Å². The highest BCUT2D eigenvalue weighted by molar-refractivity contribution is 6.30. The topological polar surface area (TPSA) is 73.8 Å². The van der Waals surface area contributed by atoms with E-state index in [4.69, 9.17) is 16.1 Å². The Labute approximate surface area is 185 Å². The summed E-state index contributed by atoms with van der Waals surface area (Å²) in [6.45, 7) is 0. The van der Waals surface area contributed by atoms with Crippen LogP contribution >= 0.6 is 11.6 Å². The summed E-state index contributed by atoms with van der Waals surface area (Å²) in [6, 6.07) is 9.14. The van der Waals surface area contributed by atoms with E-state index >= 15 is 0 Å². The minimum atomic E-state index is -4.93. The Bertz CT molecular complexity index is 1380. The SMILES string of the molecule is O=c1c(Cl)cc(C(F)(F)F)cn1-c1cc(C(F)(F)F)cnc1-c1noc(-c2ccccc2)n1. The standard InChI is InChI=1S/C20H9ClF6N4O2/c21-13-6-12(20(25,26)27)9-31(18(13)32)14-7-11(19(22,23)24)8-28-15(14)16-29-17(33-30-16)10-4-2-1-3-5-10/h1-9H. The zero-order valence-electron chi connectivity index (χ0n) is 15.9. The van der Waals surface area contributed by atoms with Crippen LogP contribution in [0.5, 0.6) is 0 Å². The number of aromatic nitrogens is 4. The van der Waals surface area contributed by atoms with Crippen LogP contribution in [0.15, 0.2) is 64.2 Å². The molecule has 4 rings (SSSR count). The number of halogens is 7. The Morgan fingerprint density at radius 3 is 2.24 bits per heavy atom. The number of benzene rings is 1. The van der Waals surface area contributed by atoms with E-state index in [0.717, 1.165) is 0 Å². The van der Waals surface area contributed by atoms with Gasteiger partial charge in [-0.05, 0) is 24.3 Å². The van der Waals surface area contributed by atoms with Crippen molar-refractivity contribution in [1.29, 1.82) is 0 Å². The van der Waals surface area contributed by atoms with E-state index in [1.807, 2.05) is 0 Å². The maximum absolute atomic E-state index is 13.3. The Morgan fingerprint density at radius 2 is 1.61 bits per heavy atom. The zero-order chi connectivity index (χ0) is 24.0. The highest BCUT2D eigenvalue weighted by Gasteiger charge is 2.35. The van der Waals surface area contributed by atoms with E-state index in [1.54, 1.807) is 30.3 Å². The van der Waals surface area contributed by atoms with E-state index in [1.165, 1.54) is 0 Å². The molecule has 0 amide bonds. The van der Waals surface area contributed by atoms with Crippen molar-refractivity contribution in [2.45, 2.75) is 12.4 Å². The van der Waals surface area contributed by atoms with Crippen LogP contribution in [0.2, 0.25) is 5.02 Å². The van der Waals surface area contributed by atoms with Crippen LogP contribution in [0, 0.1) is 0 Å². The first-order valence-electron chi connectivity index (χ1n) is 8.91. The molecule has 3 aromatic heterocycles. The molecule has 0 N–H and O–H groups in total. The van der Waals surface area contributed by atoms with Crippen molar-refractivity contribution in [3.8, 4) is 28.7 Å². The highest BCUT2D eigenvalue weighted by atomic mass is 35.5. The molecule has 0 saturated carbocycles. The molecule has 3 heterocycles. The molecular weight excluding hydrogens is 478 g/mol. The van der Waals surface area contributed by atoms with Crippen molar-refractivity contribution in [1.82, 2.24) is 19.7 Å². The monoisotopic (exact) mass is 486 g/mol. The van der Waals surface area contributed by atoms with Gasteiger partial charge in [-0.25, -0.2) is 4.98 Å². The van der Waals surface area contributed by atoms with Crippen LogP contribution in [0.4, 0.5) is 26.3 Å². The van der Waals surface area contributed by atoms with Gasteiger partial charge in [-0.3, -0.25) is 9.36 Å². The molecule has 1 aromatic carbocycles. The molecule has 0 radical (unpaired) electrons. The number of rotatable bonds is 3. The number of alkyl halides is 6. The lowest BCUT2D eigenvalue weighted by Gasteiger charge is -2.15. The van der Waals surface area contributed by atoms with E-state index in [9.17, 15) is 31.1 Å². The fourth-order valence-corrected chi connectivity index (χ4v) is 3.07.